The second-order valence-corrected chi connectivity index (χ2v) is 10.9. The van der Waals surface area contributed by atoms with Gasteiger partial charge in [-0.3, -0.25) is 14.4 Å². The molecule has 1 aromatic carbocycles. The van der Waals surface area contributed by atoms with E-state index in [0.717, 1.165) is 12.8 Å². The van der Waals surface area contributed by atoms with Gasteiger partial charge < -0.3 is 31.1 Å². The van der Waals surface area contributed by atoms with Crippen LogP contribution in [0.15, 0.2) is 24.3 Å². The number of ether oxygens (including phenoxy) is 1. The molecule has 0 bridgehead atoms. The summed E-state index contributed by atoms with van der Waals surface area (Å²) in [6, 6.07) is 3.41. The normalized spacial score (nSPS) is 14.2. The zero-order chi connectivity index (χ0) is 28.6. The van der Waals surface area contributed by atoms with Crippen LogP contribution in [0.4, 0.5) is 4.79 Å². The number of hydrogen-bond acceptors (Lipinski definition) is 6. The summed E-state index contributed by atoms with van der Waals surface area (Å²) in [4.78, 5) is 53.7. The number of hydrogen-bond donors (Lipinski definition) is 4. The third-order valence-electron chi connectivity index (χ3n) is 5.95. The number of rotatable bonds is 12. The molecule has 0 saturated carbocycles. The molecule has 3 atom stereocenters. The fourth-order valence-electron chi connectivity index (χ4n) is 3.90. The number of primary amides is 1. The van der Waals surface area contributed by atoms with Gasteiger partial charge in [0.15, 0.2) is 0 Å². The number of nitrogens with one attached hydrogen (secondary N) is 2. The molecule has 3 unspecified atom stereocenters. The van der Waals surface area contributed by atoms with Crippen molar-refractivity contribution in [2.45, 2.75) is 110 Å². The fourth-order valence-corrected chi connectivity index (χ4v) is 3.90. The largest absolute Gasteiger partial charge is 0.508 e. The van der Waals surface area contributed by atoms with E-state index in [0.29, 0.717) is 12.0 Å². The van der Waals surface area contributed by atoms with Gasteiger partial charge in [0.2, 0.25) is 17.7 Å². The van der Waals surface area contributed by atoms with Crippen molar-refractivity contribution < 1.29 is 29.0 Å². The van der Waals surface area contributed by atoms with E-state index in [9.17, 15) is 24.3 Å². The minimum Gasteiger partial charge on any atom is -0.508 e. The average molecular weight is 521 g/mol. The lowest BCUT2D eigenvalue weighted by Gasteiger charge is -2.44. The van der Waals surface area contributed by atoms with Crippen LogP contribution in [0.3, 0.4) is 0 Å². The Balaban J connectivity index is 3.65. The maximum absolute atomic E-state index is 14.1. The molecule has 37 heavy (non-hydrogen) atoms. The van der Waals surface area contributed by atoms with Gasteiger partial charge in [0.05, 0.1) is 6.42 Å². The number of carbonyl (C=O) groups excluding carboxylic acids is 4. The van der Waals surface area contributed by atoms with Crippen LogP contribution in [0.5, 0.6) is 5.75 Å². The Kier molecular flexibility index (Phi) is 11.4. The quantitative estimate of drug-likeness (QED) is 0.331. The summed E-state index contributed by atoms with van der Waals surface area (Å²) in [5, 5.41) is 15.6. The van der Waals surface area contributed by atoms with Gasteiger partial charge >= 0.3 is 6.09 Å². The topological polar surface area (TPSA) is 151 Å². The predicted octanol–water partition coefficient (Wildman–Crippen LogP) is 3.52. The van der Waals surface area contributed by atoms with Crippen LogP contribution >= 0.6 is 0 Å². The summed E-state index contributed by atoms with van der Waals surface area (Å²) >= 11 is 0. The van der Waals surface area contributed by atoms with E-state index < -0.39 is 53.5 Å². The van der Waals surface area contributed by atoms with E-state index in [1.165, 1.54) is 17.0 Å². The van der Waals surface area contributed by atoms with Crippen molar-refractivity contribution in [2.75, 3.05) is 0 Å². The molecule has 10 heteroatoms. The number of alkyl carbamates (subject to hydrolysis) is 1. The number of phenols is 1. The Morgan fingerprint density at radius 2 is 1.70 bits per heavy atom. The second-order valence-electron chi connectivity index (χ2n) is 10.9. The minimum absolute atomic E-state index is 0.0702. The third kappa shape index (κ3) is 9.93. The standard InChI is InChI=1S/C27H44N4O6/c1-9-12-17(3)29-23(34)22(18-13-11-14-19(32)15-18)31(27(7,8)10-2)24(35)20(16-21(28)33)30-25(36)37-26(4,5)6/h11,13-15,17,20,22,32H,9-10,12,16H2,1-8H3,(H2,28,33)(H,29,34)(H,30,36). The van der Waals surface area contributed by atoms with Gasteiger partial charge in [0.1, 0.15) is 23.4 Å². The van der Waals surface area contributed by atoms with Crippen molar-refractivity contribution in [1.82, 2.24) is 15.5 Å². The molecule has 5 N–H and O–H groups in total. The van der Waals surface area contributed by atoms with Crippen LogP contribution < -0.4 is 16.4 Å². The van der Waals surface area contributed by atoms with E-state index in [-0.39, 0.29) is 11.8 Å². The molecule has 1 aromatic rings. The third-order valence-corrected chi connectivity index (χ3v) is 5.95. The van der Waals surface area contributed by atoms with Crippen LogP contribution in [-0.2, 0) is 19.1 Å². The molecule has 0 aromatic heterocycles. The van der Waals surface area contributed by atoms with Crippen molar-refractivity contribution in [1.29, 1.82) is 0 Å². The SMILES string of the molecule is CCCC(C)NC(=O)C(c1cccc(O)c1)N(C(=O)C(CC(N)=O)NC(=O)OC(C)(C)C)C(C)(C)CC. The highest BCUT2D eigenvalue weighted by Gasteiger charge is 2.43. The Morgan fingerprint density at radius 3 is 2.19 bits per heavy atom. The number of nitrogens with zero attached hydrogens (tertiary/aromatic N) is 1. The van der Waals surface area contributed by atoms with Gasteiger partial charge in [-0.1, -0.05) is 32.4 Å². The van der Waals surface area contributed by atoms with Gasteiger partial charge in [-0.15, -0.1) is 0 Å². The molecule has 10 nitrogen and oxygen atoms in total. The molecular weight excluding hydrogens is 476 g/mol. The van der Waals surface area contributed by atoms with Crippen molar-refractivity contribution in [3.63, 3.8) is 0 Å². The summed E-state index contributed by atoms with van der Waals surface area (Å²) in [5.74, 6) is -2.00. The van der Waals surface area contributed by atoms with E-state index in [2.05, 4.69) is 10.6 Å². The molecule has 1 rings (SSSR count). The zero-order valence-electron chi connectivity index (χ0n) is 23.4. The lowest BCUT2D eigenvalue weighted by atomic mass is 9.91. The predicted molar refractivity (Wildman–Crippen MR) is 142 cm³/mol. The summed E-state index contributed by atoms with van der Waals surface area (Å²) in [7, 11) is 0. The Hall–Kier alpha value is -3.30. The number of aromatic hydroxyl groups is 1. The summed E-state index contributed by atoms with van der Waals surface area (Å²) in [5.41, 5.74) is 4.07. The van der Waals surface area contributed by atoms with E-state index >= 15 is 0 Å². The summed E-state index contributed by atoms with van der Waals surface area (Å²) in [6.45, 7) is 14.3. The zero-order valence-corrected chi connectivity index (χ0v) is 23.4. The Morgan fingerprint density at radius 1 is 1.08 bits per heavy atom. The first kappa shape index (κ1) is 31.7. The van der Waals surface area contributed by atoms with Crippen LogP contribution in [-0.4, -0.2) is 57.0 Å². The highest BCUT2D eigenvalue weighted by atomic mass is 16.6. The molecule has 4 amide bonds. The molecule has 0 aliphatic carbocycles. The Labute approximate surface area is 220 Å². The molecule has 0 heterocycles. The van der Waals surface area contributed by atoms with Gasteiger partial charge in [-0.2, -0.15) is 0 Å². The van der Waals surface area contributed by atoms with Gasteiger partial charge in [-0.25, -0.2) is 4.79 Å². The maximum Gasteiger partial charge on any atom is 0.408 e. The number of phenolic OH excluding ortho intramolecular Hbond substituents is 1. The minimum atomic E-state index is -1.38. The van der Waals surface area contributed by atoms with Crippen LogP contribution in [0.2, 0.25) is 0 Å². The monoisotopic (exact) mass is 520 g/mol. The maximum atomic E-state index is 14.1. The first-order chi connectivity index (χ1) is 17.0. The fraction of sp³-hybridized carbons (Fsp3) is 0.630. The highest BCUT2D eigenvalue weighted by molar-refractivity contribution is 5.95. The number of carbonyl (C=O) groups is 4. The molecule has 0 radical (unpaired) electrons. The number of benzene rings is 1. The Bertz CT molecular complexity index is 956. The van der Waals surface area contributed by atoms with Crippen LogP contribution in [0.1, 0.15) is 92.7 Å². The van der Waals surface area contributed by atoms with Gasteiger partial charge in [-0.05, 0) is 72.1 Å². The van der Waals surface area contributed by atoms with Crippen LogP contribution in [0.25, 0.3) is 0 Å². The summed E-state index contributed by atoms with van der Waals surface area (Å²) < 4.78 is 5.29. The first-order valence-corrected chi connectivity index (χ1v) is 12.7. The molecule has 0 fully saturated rings. The molecule has 0 aliphatic heterocycles. The summed E-state index contributed by atoms with van der Waals surface area (Å²) in [6.07, 6.45) is 0.642. The van der Waals surface area contributed by atoms with Crippen molar-refractivity contribution in [3.8, 4) is 5.75 Å². The van der Waals surface area contributed by atoms with E-state index in [1.54, 1.807) is 46.8 Å². The van der Waals surface area contributed by atoms with E-state index in [4.69, 9.17) is 10.5 Å². The van der Waals surface area contributed by atoms with Gasteiger partial charge in [0, 0.05) is 11.6 Å². The van der Waals surface area contributed by atoms with Crippen LogP contribution in [0, 0.1) is 0 Å². The lowest BCUT2D eigenvalue weighted by molar-refractivity contribution is -0.150. The number of nitrogens with two attached hydrogens (primary N) is 1. The molecule has 0 spiro atoms. The molecule has 0 saturated heterocycles. The van der Waals surface area contributed by atoms with Gasteiger partial charge in [0.25, 0.3) is 0 Å². The first-order valence-electron chi connectivity index (χ1n) is 12.7. The lowest BCUT2D eigenvalue weighted by Crippen LogP contribution is -2.60. The average Bonchev–Trinajstić information content (AvgIpc) is 2.74. The molecular formula is C27H44N4O6. The van der Waals surface area contributed by atoms with Crippen molar-refractivity contribution in [3.05, 3.63) is 29.8 Å². The molecule has 208 valence electrons. The second kappa shape index (κ2) is 13.3. The molecule has 0 aliphatic rings. The van der Waals surface area contributed by atoms with Crippen molar-refractivity contribution >= 4 is 23.8 Å². The number of amides is 4. The smallest absolute Gasteiger partial charge is 0.408 e. The van der Waals surface area contributed by atoms with E-state index in [1.807, 2.05) is 20.8 Å². The highest BCUT2D eigenvalue weighted by Crippen LogP contribution is 2.33. The van der Waals surface area contributed by atoms with Crippen molar-refractivity contribution in [2.24, 2.45) is 5.73 Å².